The van der Waals surface area contributed by atoms with Gasteiger partial charge in [-0.3, -0.25) is 4.90 Å². The van der Waals surface area contributed by atoms with Crippen molar-refractivity contribution >= 4 is 0 Å². The Bertz CT molecular complexity index is 237. The van der Waals surface area contributed by atoms with Crippen LogP contribution in [0.25, 0.3) is 0 Å². The van der Waals surface area contributed by atoms with Crippen molar-refractivity contribution in [3.8, 4) is 0 Å². The lowest BCUT2D eigenvalue weighted by Crippen LogP contribution is -2.54. The van der Waals surface area contributed by atoms with Crippen molar-refractivity contribution in [1.29, 1.82) is 0 Å². The van der Waals surface area contributed by atoms with Crippen LogP contribution in [0.15, 0.2) is 0 Å². The summed E-state index contributed by atoms with van der Waals surface area (Å²) in [6.07, 6.45) is 1.25. The average Bonchev–Trinajstić information content (AvgIpc) is 2.26. The summed E-state index contributed by atoms with van der Waals surface area (Å²) >= 11 is 0. The van der Waals surface area contributed by atoms with Gasteiger partial charge in [0, 0.05) is 38.3 Å². The minimum Gasteiger partial charge on any atom is -0.314 e. The molecular formula is C15H33N3. The smallest absolute Gasteiger partial charge is 0.0166 e. The fourth-order valence-electron chi connectivity index (χ4n) is 2.78. The largest absolute Gasteiger partial charge is 0.314 e. The molecule has 18 heavy (non-hydrogen) atoms. The van der Waals surface area contributed by atoms with E-state index in [1.807, 2.05) is 0 Å². The average molecular weight is 255 g/mol. The fraction of sp³-hybridized carbons (Fsp3) is 1.00. The molecule has 108 valence electrons. The van der Waals surface area contributed by atoms with Crippen LogP contribution >= 0.6 is 0 Å². The monoisotopic (exact) mass is 255 g/mol. The van der Waals surface area contributed by atoms with Gasteiger partial charge in [0.15, 0.2) is 0 Å². The van der Waals surface area contributed by atoms with Crippen LogP contribution in [0.3, 0.4) is 0 Å². The maximum atomic E-state index is 3.43. The fourth-order valence-corrected chi connectivity index (χ4v) is 2.78. The van der Waals surface area contributed by atoms with Crippen molar-refractivity contribution in [2.24, 2.45) is 5.41 Å². The normalized spacial score (nSPS) is 19.5. The SMILES string of the molecule is CN(CCC(C)(C)N1CCNCC1)CC(C)(C)C. The summed E-state index contributed by atoms with van der Waals surface area (Å²) < 4.78 is 0. The first-order valence-electron chi connectivity index (χ1n) is 7.35. The zero-order valence-electron chi connectivity index (χ0n) is 13.3. The highest BCUT2D eigenvalue weighted by atomic mass is 15.2. The molecule has 0 amide bonds. The summed E-state index contributed by atoms with van der Waals surface area (Å²) in [7, 11) is 2.25. The molecule has 0 bridgehead atoms. The summed E-state index contributed by atoms with van der Waals surface area (Å²) in [5.74, 6) is 0. The van der Waals surface area contributed by atoms with Crippen LogP contribution in [0.2, 0.25) is 0 Å². The van der Waals surface area contributed by atoms with E-state index in [2.05, 4.69) is 56.8 Å². The topological polar surface area (TPSA) is 18.5 Å². The lowest BCUT2D eigenvalue weighted by molar-refractivity contribution is 0.0820. The molecule has 1 fully saturated rings. The maximum absolute atomic E-state index is 3.43. The zero-order valence-corrected chi connectivity index (χ0v) is 13.3. The second-order valence-electron chi connectivity index (χ2n) is 7.60. The number of nitrogens with zero attached hydrogens (tertiary/aromatic N) is 2. The number of rotatable bonds is 5. The van der Waals surface area contributed by atoms with Gasteiger partial charge in [-0.15, -0.1) is 0 Å². The molecule has 0 atom stereocenters. The summed E-state index contributed by atoms with van der Waals surface area (Å²) in [6.45, 7) is 18.7. The molecule has 0 aromatic carbocycles. The zero-order chi connectivity index (χ0) is 13.8. The number of piperazine rings is 1. The third-order valence-corrected chi connectivity index (χ3v) is 3.82. The van der Waals surface area contributed by atoms with E-state index in [4.69, 9.17) is 0 Å². The van der Waals surface area contributed by atoms with E-state index < -0.39 is 0 Å². The maximum Gasteiger partial charge on any atom is 0.0166 e. The molecule has 0 spiro atoms. The number of nitrogens with one attached hydrogen (secondary N) is 1. The Morgan fingerprint density at radius 2 is 1.61 bits per heavy atom. The third kappa shape index (κ3) is 5.68. The van der Waals surface area contributed by atoms with E-state index in [9.17, 15) is 0 Å². The Hall–Kier alpha value is -0.120. The lowest BCUT2D eigenvalue weighted by Gasteiger charge is -2.42. The highest BCUT2D eigenvalue weighted by molar-refractivity contribution is 4.85. The van der Waals surface area contributed by atoms with Gasteiger partial charge in [0.25, 0.3) is 0 Å². The Balaban J connectivity index is 2.36. The highest BCUT2D eigenvalue weighted by Crippen LogP contribution is 2.21. The minimum absolute atomic E-state index is 0.328. The van der Waals surface area contributed by atoms with Gasteiger partial charge in [-0.25, -0.2) is 0 Å². The summed E-state index contributed by atoms with van der Waals surface area (Å²) in [4.78, 5) is 5.11. The van der Waals surface area contributed by atoms with Crippen LogP contribution < -0.4 is 5.32 Å². The van der Waals surface area contributed by atoms with Crippen LogP contribution in [0.1, 0.15) is 41.0 Å². The van der Waals surface area contributed by atoms with Gasteiger partial charge in [0.1, 0.15) is 0 Å². The van der Waals surface area contributed by atoms with Crippen LogP contribution in [0.5, 0.6) is 0 Å². The molecule has 3 nitrogen and oxygen atoms in total. The summed E-state index contributed by atoms with van der Waals surface area (Å²) in [5, 5.41) is 3.43. The van der Waals surface area contributed by atoms with Crippen molar-refractivity contribution < 1.29 is 0 Å². The second kappa shape index (κ2) is 6.36. The van der Waals surface area contributed by atoms with Gasteiger partial charge in [0.2, 0.25) is 0 Å². The lowest BCUT2D eigenvalue weighted by atomic mass is 9.94. The van der Waals surface area contributed by atoms with Crippen molar-refractivity contribution in [2.75, 3.05) is 46.3 Å². The van der Waals surface area contributed by atoms with Crippen molar-refractivity contribution in [3.05, 3.63) is 0 Å². The van der Waals surface area contributed by atoms with Crippen LogP contribution in [-0.4, -0.2) is 61.7 Å². The van der Waals surface area contributed by atoms with E-state index >= 15 is 0 Å². The summed E-state index contributed by atoms with van der Waals surface area (Å²) in [5.41, 5.74) is 0.724. The molecule has 1 saturated heterocycles. The Kier molecular flexibility index (Phi) is 5.63. The van der Waals surface area contributed by atoms with E-state index in [0.29, 0.717) is 11.0 Å². The van der Waals surface area contributed by atoms with Gasteiger partial charge in [-0.2, -0.15) is 0 Å². The first-order valence-corrected chi connectivity index (χ1v) is 7.35. The number of hydrogen-bond donors (Lipinski definition) is 1. The van der Waals surface area contributed by atoms with Gasteiger partial charge in [0.05, 0.1) is 0 Å². The van der Waals surface area contributed by atoms with Gasteiger partial charge >= 0.3 is 0 Å². The van der Waals surface area contributed by atoms with Crippen LogP contribution in [0.4, 0.5) is 0 Å². The minimum atomic E-state index is 0.328. The molecule has 3 heteroatoms. The Morgan fingerprint density at radius 3 is 2.11 bits per heavy atom. The van der Waals surface area contributed by atoms with E-state index in [1.165, 1.54) is 32.6 Å². The molecule has 1 N–H and O–H groups in total. The predicted octanol–water partition coefficient (Wildman–Crippen LogP) is 2.04. The van der Waals surface area contributed by atoms with Crippen molar-refractivity contribution in [3.63, 3.8) is 0 Å². The molecule has 0 unspecified atom stereocenters. The first kappa shape index (κ1) is 15.9. The third-order valence-electron chi connectivity index (χ3n) is 3.82. The van der Waals surface area contributed by atoms with Crippen LogP contribution in [-0.2, 0) is 0 Å². The van der Waals surface area contributed by atoms with E-state index in [0.717, 1.165) is 13.1 Å². The standard InChI is InChI=1S/C15H33N3/c1-14(2,3)13-17(6)10-7-15(4,5)18-11-8-16-9-12-18/h16H,7-13H2,1-6H3. The van der Waals surface area contributed by atoms with E-state index in [-0.39, 0.29) is 0 Å². The Labute approximate surface area is 114 Å². The summed E-state index contributed by atoms with van der Waals surface area (Å²) in [6, 6.07) is 0. The van der Waals surface area contributed by atoms with Gasteiger partial charge in [-0.1, -0.05) is 20.8 Å². The molecule has 1 aliphatic heterocycles. The molecule has 0 radical (unpaired) electrons. The van der Waals surface area contributed by atoms with Gasteiger partial charge < -0.3 is 10.2 Å². The Morgan fingerprint density at radius 1 is 1.06 bits per heavy atom. The van der Waals surface area contributed by atoms with Crippen molar-refractivity contribution in [2.45, 2.75) is 46.6 Å². The molecule has 1 heterocycles. The molecule has 1 aliphatic rings. The first-order chi connectivity index (χ1) is 8.21. The number of hydrogen-bond acceptors (Lipinski definition) is 3. The highest BCUT2D eigenvalue weighted by Gasteiger charge is 2.28. The molecule has 0 aromatic heterocycles. The molecule has 0 saturated carbocycles. The molecule has 1 rings (SSSR count). The van der Waals surface area contributed by atoms with Crippen LogP contribution in [0, 0.1) is 5.41 Å². The van der Waals surface area contributed by atoms with E-state index in [1.54, 1.807) is 0 Å². The molecule has 0 aromatic rings. The van der Waals surface area contributed by atoms with Crippen molar-refractivity contribution in [1.82, 2.24) is 15.1 Å². The molecular weight excluding hydrogens is 222 g/mol. The quantitative estimate of drug-likeness (QED) is 0.811. The molecule has 0 aliphatic carbocycles. The van der Waals surface area contributed by atoms with Gasteiger partial charge in [-0.05, 0) is 39.3 Å². The predicted molar refractivity (Wildman–Crippen MR) is 80.1 cm³/mol. The second-order valence-corrected chi connectivity index (χ2v) is 7.60.